The van der Waals surface area contributed by atoms with Crippen molar-refractivity contribution in [2.45, 2.75) is 24.2 Å². The van der Waals surface area contributed by atoms with Gasteiger partial charge in [0.05, 0.1) is 28.2 Å². The van der Waals surface area contributed by atoms with Crippen LogP contribution in [0.1, 0.15) is 28.9 Å². The van der Waals surface area contributed by atoms with E-state index in [4.69, 9.17) is 11.5 Å². The molecule has 0 unspecified atom stereocenters. The molecule has 12 nitrogen and oxygen atoms in total. The van der Waals surface area contributed by atoms with Gasteiger partial charge < -0.3 is 16.6 Å². The van der Waals surface area contributed by atoms with Crippen molar-refractivity contribution >= 4 is 73.4 Å². The summed E-state index contributed by atoms with van der Waals surface area (Å²) in [6.45, 7) is 0. The van der Waals surface area contributed by atoms with Gasteiger partial charge in [-0.25, -0.2) is 8.42 Å². The van der Waals surface area contributed by atoms with E-state index in [0.29, 0.717) is 5.52 Å². The maximum Gasteiger partial charge on any atom is 0.306 e. The van der Waals surface area contributed by atoms with Gasteiger partial charge in [-0.15, -0.1) is 11.3 Å². The third kappa shape index (κ3) is 5.88. The summed E-state index contributed by atoms with van der Waals surface area (Å²) >= 11 is 1.84. The number of aromatic nitrogens is 2. The second-order valence-electron chi connectivity index (χ2n) is 6.79. The Balaban J connectivity index is 1.76. The number of nitrogens with one attached hydrogen (secondary N) is 1. The molecule has 0 spiro atoms. The van der Waals surface area contributed by atoms with Crippen molar-refractivity contribution < 1.29 is 27.9 Å². The number of guanidine groups is 1. The number of nitrogens with zero attached hydrogens (tertiary/aromatic N) is 3. The van der Waals surface area contributed by atoms with Crippen LogP contribution in [0, 0.1) is 5.92 Å². The van der Waals surface area contributed by atoms with Crippen LogP contribution in [-0.4, -0.2) is 45.9 Å². The molecule has 33 heavy (non-hydrogen) atoms. The zero-order valence-electron chi connectivity index (χ0n) is 16.8. The van der Waals surface area contributed by atoms with E-state index in [0.717, 1.165) is 23.1 Å². The monoisotopic (exact) mass is 510 g/mol. The van der Waals surface area contributed by atoms with E-state index in [1.165, 1.54) is 23.6 Å². The lowest BCUT2D eigenvalue weighted by molar-refractivity contribution is -0.142. The van der Waals surface area contributed by atoms with E-state index < -0.39 is 46.0 Å². The van der Waals surface area contributed by atoms with Crippen molar-refractivity contribution in [2.75, 3.05) is 4.72 Å². The SMILES string of the molecule is NC(N)=NC(=O)CC[C@H](CC(=O)c1sccc1NS(=O)(=O)c1cccc2nsnc12)C(=O)O. The normalized spacial score (nSPS) is 12.2. The summed E-state index contributed by atoms with van der Waals surface area (Å²) in [4.78, 5) is 39.2. The molecule has 0 aliphatic rings. The van der Waals surface area contributed by atoms with Crippen LogP contribution in [0.15, 0.2) is 39.5 Å². The van der Waals surface area contributed by atoms with Crippen LogP contribution in [0.2, 0.25) is 0 Å². The van der Waals surface area contributed by atoms with Crippen molar-refractivity contribution in [3.63, 3.8) is 0 Å². The van der Waals surface area contributed by atoms with E-state index in [1.807, 2.05) is 0 Å². The quantitative estimate of drug-likeness (QED) is 0.175. The van der Waals surface area contributed by atoms with Gasteiger partial charge in [-0.1, -0.05) is 6.07 Å². The van der Waals surface area contributed by atoms with E-state index in [9.17, 15) is 27.9 Å². The first-order chi connectivity index (χ1) is 15.6. The number of aliphatic imine (C=N–C) groups is 1. The van der Waals surface area contributed by atoms with E-state index in [2.05, 4.69) is 18.5 Å². The Bertz CT molecular complexity index is 1340. The van der Waals surface area contributed by atoms with E-state index in [1.54, 1.807) is 6.07 Å². The number of sulfonamides is 1. The number of hydrogen-bond donors (Lipinski definition) is 4. The molecular formula is C18H18N6O6S3. The number of Topliss-reactive ketones (excluding diaryl/α,β-unsaturated/α-hetero) is 1. The molecule has 0 saturated carbocycles. The Labute approximate surface area is 195 Å². The first-order valence-electron chi connectivity index (χ1n) is 9.28. The number of nitrogens with two attached hydrogens (primary N) is 2. The van der Waals surface area contributed by atoms with Gasteiger partial charge in [-0.2, -0.15) is 13.7 Å². The van der Waals surface area contributed by atoms with Gasteiger partial charge in [0, 0.05) is 12.8 Å². The highest BCUT2D eigenvalue weighted by atomic mass is 32.2. The summed E-state index contributed by atoms with van der Waals surface area (Å²) in [5, 5.41) is 10.9. The number of thiophene rings is 1. The van der Waals surface area contributed by atoms with Gasteiger partial charge in [-0.3, -0.25) is 19.1 Å². The van der Waals surface area contributed by atoms with E-state index >= 15 is 0 Å². The molecule has 0 saturated heterocycles. The topological polar surface area (TPSA) is 208 Å². The second-order valence-corrected chi connectivity index (χ2v) is 9.88. The second kappa shape index (κ2) is 10.0. The Hall–Kier alpha value is -3.43. The predicted molar refractivity (Wildman–Crippen MR) is 123 cm³/mol. The number of amides is 1. The molecule has 2 heterocycles. The first kappa shape index (κ1) is 24.2. The fourth-order valence-electron chi connectivity index (χ4n) is 2.93. The number of benzene rings is 1. The molecular weight excluding hydrogens is 492 g/mol. The zero-order valence-corrected chi connectivity index (χ0v) is 19.2. The van der Waals surface area contributed by atoms with Crippen molar-refractivity contribution in [1.82, 2.24) is 8.75 Å². The largest absolute Gasteiger partial charge is 0.481 e. The smallest absolute Gasteiger partial charge is 0.306 e. The summed E-state index contributed by atoms with van der Waals surface area (Å²) in [6, 6.07) is 5.93. The Kier molecular flexibility index (Phi) is 7.35. The van der Waals surface area contributed by atoms with Crippen LogP contribution in [-0.2, 0) is 19.6 Å². The number of aliphatic carboxylic acids is 1. The molecule has 2 aromatic heterocycles. The standard InChI is InChI=1S/C18H18N6O6S3/c19-18(20)21-14(26)5-4-9(17(27)28)8-12(25)16-11(6-7-31-16)24-33(29,30)13-3-1-2-10-15(13)23-32-22-10/h1-3,6-7,9,24H,4-5,8H2,(H,27,28)(H4,19,20,21,26)/t9-/m1/s1. The minimum atomic E-state index is -4.10. The zero-order chi connectivity index (χ0) is 24.2. The third-order valence-corrected chi connectivity index (χ3v) is 7.34. The molecule has 3 rings (SSSR count). The molecule has 0 aliphatic heterocycles. The van der Waals surface area contributed by atoms with Crippen LogP contribution in [0.4, 0.5) is 5.69 Å². The number of anilines is 1. The molecule has 1 atom stereocenters. The lowest BCUT2D eigenvalue weighted by atomic mass is 9.96. The number of ketones is 1. The number of rotatable bonds is 10. The highest BCUT2D eigenvalue weighted by molar-refractivity contribution is 7.93. The van der Waals surface area contributed by atoms with Gasteiger partial charge in [0.2, 0.25) is 5.91 Å². The molecule has 1 aromatic carbocycles. The van der Waals surface area contributed by atoms with E-state index in [-0.39, 0.29) is 33.8 Å². The molecule has 0 bridgehead atoms. The van der Waals surface area contributed by atoms with Crippen LogP contribution < -0.4 is 16.2 Å². The average Bonchev–Trinajstić information content (AvgIpc) is 3.38. The Morgan fingerprint density at radius 3 is 2.64 bits per heavy atom. The Morgan fingerprint density at radius 1 is 1.18 bits per heavy atom. The molecule has 15 heteroatoms. The van der Waals surface area contributed by atoms with Gasteiger partial charge in [-0.05, 0) is 30.0 Å². The lowest BCUT2D eigenvalue weighted by Gasteiger charge is -2.12. The van der Waals surface area contributed by atoms with Crippen molar-refractivity contribution in [3.8, 4) is 0 Å². The molecule has 3 aromatic rings. The average molecular weight is 511 g/mol. The molecule has 6 N–H and O–H groups in total. The number of carbonyl (C=O) groups excluding carboxylic acids is 2. The van der Waals surface area contributed by atoms with Gasteiger partial charge in [0.1, 0.15) is 15.9 Å². The third-order valence-electron chi connectivity index (χ3n) is 4.44. The first-order valence-corrected chi connectivity index (χ1v) is 12.4. The van der Waals surface area contributed by atoms with Crippen molar-refractivity contribution in [3.05, 3.63) is 34.5 Å². The maximum absolute atomic E-state index is 12.9. The molecule has 0 aliphatic carbocycles. The van der Waals surface area contributed by atoms with Gasteiger partial charge >= 0.3 is 5.97 Å². The summed E-state index contributed by atoms with van der Waals surface area (Å²) in [6.07, 6.45) is -0.870. The fourth-order valence-corrected chi connectivity index (χ4v) is 5.64. The van der Waals surface area contributed by atoms with Crippen LogP contribution in [0.5, 0.6) is 0 Å². The minimum Gasteiger partial charge on any atom is -0.481 e. The summed E-state index contributed by atoms with van der Waals surface area (Å²) in [5.74, 6) is -4.19. The number of hydrogen-bond acceptors (Lipinski definition) is 9. The highest BCUT2D eigenvalue weighted by Gasteiger charge is 2.27. The summed E-state index contributed by atoms with van der Waals surface area (Å²) in [7, 11) is -4.10. The number of carboxylic acid groups (broad SMARTS) is 1. The molecule has 1 amide bonds. The Morgan fingerprint density at radius 2 is 1.94 bits per heavy atom. The number of carboxylic acids is 1. The fraction of sp³-hybridized carbons (Fsp3) is 0.222. The summed E-state index contributed by atoms with van der Waals surface area (Å²) < 4.78 is 36.3. The molecule has 0 fully saturated rings. The lowest BCUT2D eigenvalue weighted by Crippen LogP contribution is -2.25. The summed E-state index contributed by atoms with van der Waals surface area (Å²) in [5.41, 5.74) is 10.9. The van der Waals surface area contributed by atoms with Gasteiger partial charge in [0.15, 0.2) is 11.7 Å². The number of fused-ring (bicyclic) bond motifs is 1. The molecule has 0 radical (unpaired) electrons. The highest BCUT2D eigenvalue weighted by Crippen LogP contribution is 2.30. The van der Waals surface area contributed by atoms with Crippen LogP contribution >= 0.6 is 23.1 Å². The number of carbonyl (C=O) groups is 3. The van der Waals surface area contributed by atoms with Crippen molar-refractivity contribution in [1.29, 1.82) is 0 Å². The van der Waals surface area contributed by atoms with Crippen molar-refractivity contribution in [2.24, 2.45) is 22.4 Å². The molecule has 174 valence electrons. The minimum absolute atomic E-state index is 0.0194. The van der Waals surface area contributed by atoms with Crippen LogP contribution in [0.25, 0.3) is 11.0 Å². The predicted octanol–water partition coefficient (Wildman–Crippen LogP) is 1.41. The van der Waals surface area contributed by atoms with Crippen LogP contribution in [0.3, 0.4) is 0 Å². The maximum atomic E-state index is 12.9. The van der Waals surface area contributed by atoms with Gasteiger partial charge in [0.25, 0.3) is 10.0 Å².